The molecule has 3 atom stereocenters. The quantitative estimate of drug-likeness (QED) is 0.595. The van der Waals surface area contributed by atoms with Gasteiger partial charge in [-0.3, -0.25) is 0 Å². The molecule has 1 heterocycles. The lowest BCUT2D eigenvalue weighted by Crippen LogP contribution is -2.30. The highest BCUT2D eigenvalue weighted by molar-refractivity contribution is 5.89. The zero-order chi connectivity index (χ0) is 18.3. The van der Waals surface area contributed by atoms with Crippen molar-refractivity contribution in [2.45, 2.75) is 38.1 Å². The van der Waals surface area contributed by atoms with Gasteiger partial charge in [0.25, 0.3) is 0 Å². The van der Waals surface area contributed by atoms with Crippen LogP contribution in [-0.4, -0.2) is 13.1 Å². The van der Waals surface area contributed by atoms with Crippen LogP contribution in [0.25, 0.3) is 0 Å². The lowest BCUT2D eigenvalue weighted by molar-refractivity contribution is 0.0600. The monoisotopic (exact) mass is 347 g/mol. The Labute approximate surface area is 155 Å². The first-order valence-electron chi connectivity index (χ1n) is 9.34. The van der Waals surface area contributed by atoms with Crippen molar-refractivity contribution in [3.05, 3.63) is 76.9 Å². The summed E-state index contributed by atoms with van der Waals surface area (Å²) < 4.78 is 4.81. The maximum atomic E-state index is 11.7. The van der Waals surface area contributed by atoms with Gasteiger partial charge in [-0.25, -0.2) is 4.79 Å². The summed E-state index contributed by atoms with van der Waals surface area (Å²) in [6.45, 7) is 4.49. The van der Waals surface area contributed by atoms with Gasteiger partial charge in [0.15, 0.2) is 0 Å². The largest absolute Gasteiger partial charge is 0.465 e. The molecule has 1 aliphatic carbocycles. The minimum Gasteiger partial charge on any atom is -0.465 e. The number of benzene rings is 2. The standard InChI is InChI=1S/C23H25NO2/c1-14(2)17-6-4-9-20-18-7-5-8-19(18)21(24-22(17)20)15-10-12-16(13-11-15)23(25)26-3/h4-7,9-14,18-19,21,24H,8H2,1-3H3/t18-,19-,21+/m1/s1. The molecule has 1 N–H and O–H groups in total. The van der Waals surface area contributed by atoms with Gasteiger partial charge in [0, 0.05) is 11.6 Å². The third kappa shape index (κ3) is 2.72. The van der Waals surface area contributed by atoms with Crippen LogP contribution in [0, 0.1) is 5.92 Å². The number of carbonyl (C=O) groups is 1. The molecule has 0 unspecified atom stereocenters. The summed E-state index contributed by atoms with van der Waals surface area (Å²) in [5.74, 6) is 1.15. The lowest BCUT2D eigenvalue weighted by atomic mass is 9.75. The highest BCUT2D eigenvalue weighted by atomic mass is 16.5. The van der Waals surface area contributed by atoms with Crippen LogP contribution in [0.4, 0.5) is 5.69 Å². The van der Waals surface area contributed by atoms with Crippen LogP contribution >= 0.6 is 0 Å². The number of fused-ring (bicyclic) bond motifs is 3. The first-order chi connectivity index (χ1) is 12.6. The van der Waals surface area contributed by atoms with E-state index in [-0.39, 0.29) is 12.0 Å². The number of rotatable bonds is 3. The molecule has 0 spiro atoms. The number of hydrogen-bond donors (Lipinski definition) is 1. The Bertz CT molecular complexity index is 851. The molecule has 0 fully saturated rings. The van der Waals surface area contributed by atoms with Gasteiger partial charge in [-0.1, -0.05) is 56.3 Å². The maximum absolute atomic E-state index is 11.7. The van der Waals surface area contributed by atoms with E-state index in [2.05, 4.69) is 61.6 Å². The van der Waals surface area contributed by atoms with Gasteiger partial charge in [0.2, 0.25) is 0 Å². The molecule has 1 aliphatic heterocycles. The molecular weight excluding hydrogens is 322 g/mol. The number of esters is 1. The fraction of sp³-hybridized carbons (Fsp3) is 0.348. The molecular formula is C23H25NO2. The SMILES string of the molecule is COC(=O)c1ccc([C@@H]2Nc3c(C(C)C)cccc3[C@@H]3C=CC[C@H]32)cc1. The first-order valence-corrected chi connectivity index (χ1v) is 9.34. The van der Waals surface area contributed by atoms with Crippen LogP contribution < -0.4 is 5.32 Å². The average molecular weight is 347 g/mol. The number of carbonyl (C=O) groups excluding carboxylic acids is 1. The molecule has 0 aromatic heterocycles. The van der Waals surface area contributed by atoms with Gasteiger partial charge >= 0.3 is 5.97 Å². The number of anilines is 1. The molecule has 0 saturated carbocycles. The molecule has 2 aromatic carbocycles. The van der Waals surface area contributed by atoms with E-state index in [1.165, 1.54) is 29.5 Å². The summed E-state index contributed by atoms with van der Waals surface area (Å²) in [6, 6.07) is 14.8. The number of ether oxygens (including phenoxy) is 1. The molecule has 2 aromatic rings. The summed E-state index contributed by atoms with van der Waals surface area (Å²) >= 11 is 0. The van der Waals surface area contributed by atoms with Crippen molar-refractivity contribution in [2.24, 2.45) is 5.92 Å². The van der Waals surface area contributed by atoms with Crippen molar-refractivity contribution in [1.29, 1.82) is 0 Å². The van der Waals surface area contributed by atoms with Gasteiger partial charge in [-0.2, -0.15) is 0 Å². The second-order valence-electron chi connectivity index (χ2n) is 7.56. The molecule has 0 amide bonds. The molecule has 4 rings (SSSR count). The van der Waals surface area contributed by atoms with Gasteiger partial charge in [-0.15, -0.1) is 0 Å². The molecule has 0 saturated heterocycles. The van der Waals surface area contributed by atoms with Crippen LogP contribution in [0.1, 0.15) is 65.2 Å². The Morgan fingerprint density at radius 3 is 2.62 bits per heavy atom. The number of hydrogen-bond acceptors (Lipinski definition) is 3. The van der Waals surface area contributed by atoms with E-state index in [0.29, 0.717) is 23.3 Å². The van der Waals surface area contributed by atoms with Crippen molar-refractivity contribution in [2.75, 3.05) is 12.4 Å². The zero-order valence-electron chi connectivity index (χ0n) is 15.5. The Balaban J connectivity index is 1.74. The number of allylic oxidation sites excluding steroid dienone is 2. The normalized spacial score (nSPS) is 23.3. The predicted octanol–water partition coefficient (Wildman–Crippen LogP) is 5.42. The predicted molar refractivity (Wildman–Crippen MR) is 105 cm³/mol. The second kappa shape index (κ2) is 6.64. The van der Waals surface area contributed by atoms with Crippen LogP contribution in [-0.2, 0) is 4.74 Å². The van der Waals surface area contributed by atoms with Crippen LogP contribution in [0.3, 0.4) is 0 Å². The van der Waals surface area contributed by atoms with Crippen molar-refractivity contribution in [3.63, 3.8) is 0 Å². The van der Waals surface area contributed by atoms with Crippen molar-refractivity contribution >= 4 is 11.7 Å². The first kappa shape index (κ1) is 16.9. The van der Waals surface area contributed by atoms with Gasteiger partial charge < -0.3 is 10.1 Å². The molecule has 26 heavy (non-hydrogen) atoms. The van der Waals surface area contributed by atoms with E-state index >= 15 is 0 Å². The van der Waals surface area contributed by atoms with E-state index in [1.54, 1.807) is 0 Å². The number of methoxy groups -OCH3 is 1. The van der Waals surface area contributed by atoms with Crippen molar-refractivity contribution in [3.8, 4) is 0 Å². The zero-order valence-corrected chi connectivity index (χ0v) is 15.5. The minimum absolute atomic E-state index is 0.245. The summed E-state index contributed by atoms with van der Waals surface area (Å²) in [4.78, 5) is 11.7. The lowest BCUT2D eigenvalue weighted by Gasteiger charge is -2.39. The van der Waals surface area contributed by atoms with Crippen LogP contribution in [0.2, 0.25) is 0 Å². The fourth-order valence-corrected chi connectivity index (χ4v) is 4.40. The van der Waals surface area contributed by atoms with E-state index in [9.17, 15) is 4.79 Å². The molecule has 0 radical (unpaired) electrons. The number of nitrogens with one attached hydrogen (secondary N) is 1. The topological polar surface area (TPSA) is 38.3 Å². The summed E-state index contributed by atoms with van der Waals surface area (Å²) in [5, 5.41) is 3.84. The Hall–Kier alpha value is -2.55. The Morgan fingerprint density at radius 2 is 1.92 bits per heavy atom. The maximum Gasteiger partial charge on any atom is 0.337 e. The fourth-order valence-electron chi connectivity index (χ4n) is 4.40. The third-order valence-electron chi connectivity index (χ3n) is 5.74. The summed E-state index contributed by atoms with van der Waals surface area (Å²) in [7, 11) is 1.41. The van der Waals surface area contributed by atoms with Crippen LogP contribution in [0.15, 0.2) is 54.6 Å². The second-order valence-corrected chi connectivity index (χ2v) is 7.56. The average Bonchev–Trinajstić information content (AvgIpc) is 3.16. The summed E-state index contributed by atoms with van der Waals surface area (Å²) in [5.41, 5.74) is 5.89. The molecule has 3 heteroatoms. The van der Waals surface area contributed by atoms with E-state index in [4.69, 9.17) is 4.74 Å². The molecule has 0 bridgehead atoms. The Kier molecular flexibility index (Phi) is 4.31. The molecule has 2 aliphatic rings. The summed E-state index contributed by atoms with van der Waals surface area (Å²) in [6.07, 6.45) is 5.75. The van der Waals surface area contributed by atoms with Crippen molar-refractivity contribution < 1.29 is 9.53 Å². The van der Waals surface area contributed by atoms with Gasteiger partial charge in [-0.05, 0) is 47.1 Å². The van der Waals surface area contributed by atoms with E-state index in [0.717, 1.165) is 6.42 Å². The Morgan fingerprint density at radius 1 is 1.15 bits per heavy atom. The van der Waals surface area contributed by atoms with E-state index < -0.39 is 0 Å². The molecule has 3 nitrogen and oxygen atoms in total. The van der Waals surface area contributed by atoms with E-state index in [1.807, 2.05) is 12.1 Å². The highest BCUT2D eigenvalue weighted by Gasteiger charge is 2.38. The smallest absolute Gasteiger partial charge is 0.337 e. The van der Waals surface area contributed by atoms with Gasteiger partial charge in [0.1, 0.15) is 0 Å². The minimum atomic E-state index is -0.291. The van der Waals surface area contributed by atoms with Gasteiger partial charge in [0.05, 0.1) is 18.7 Å². The third-order valence-corrected chi connectivity index (χ3v) is 5.74. The van der Waals surface area contributed by atoms with Crippen LogP contribution in [0.5, 0.6) is 0 Å². The number of para-hydroxylation sites is 1. The van der Waals surface area contributed by atoms with Crippen molar-refractivity contribution in [1.82, 2.24) is 0 Å². The molecule has 134 valence electrons. The highest BCUT2D eigenvalue weighted by Crippen LogP contribution is 2.51.